The van der Waals surface area contributed by atoms with E-state index in [0.717, 1.165) is 41.6 Å². The molecule has 1 saturated heterocycles. The molecule has 0 aromatic heterocycles. The fourth-order valence-corrected chi connectivity index (χ4v) is 4.32. The average molecular weight is 362 g/mol. The molecule has 0 bridgehead atoms. The summed E-state index contributed by atoms with van der Waals surface area (Å²) in [5.74, 6) is 0.327. The zero-order valence-electron chi connectivity index (χ0n) is 16.1. The van der Waals surface area contributed by atoms with E-state index in [9.17, 15) is 9.59 Å². The number of nitrogens with zero attached hydrogens (tertiary/aromatic N) is 2. The number of likely N-dealkylation sites (tertiary alicyclic amines) is 1. The molecule has 0 aliphatic carbocycles. The second kappa shape index (κ2) is 7.18. The number of rotatable bonds is 2. The van der Waals surface area contributed by atoms with Crippen LogP contribution in [0.15, 0.2) is 42.5 Å². The molecule has 2 aliphatic rings. The van der Waals surface area contributed by atoms with E-state index < -0.39 is 0 Å². The Morgan fingerprint density at radius 2 is 1.74 bits per heavy atom. The summed E-state index contributed by atoms with van der Waals surface area (Å²) in [5, 5.41) is 0. The first-order chi connectivity index (χ1) is 13.0. The van der Waals surface area contributed by atoms with Crippen LogP contribution in [0.25, 0.3) is 0 Å². The Bertz CT molecular complexity index is 882. The van der Waals surface area contributed by atoms with Crippen molar-refractivity contribution < 1.29 is 9.59 Å². The smallest absolute Gasteiger partial charge is 0.254 e. The Balaban J connectivity index is 1.49. The minimum Gasteiger partial charge on any atom is -0.338 e. The fraction of sp³-hybridized carbons (Fsp3) is 0.391. The van der Waals surface area contributed by atoms with Gasteiger partial charge in [0.1, 0.15) is 0 Å². The zero-order chi connectivity index (χ0) is 19.0. The molecule has 0 unspecified atom stereocenters. The maximum absolute atomic E-state index is 13.0. The van der Waals surface area contributed by atoms with E-state index in [2.05, 4.69) is 12.1 Å². The second-order valence-electron chi connectivity index (χ2n) is 7.73. The number of benzene rings is 2. The SMILES string of the molecule is Cc1ccc(C)c(C(=O)N2CCC(N3C(=O)CCc4ccccc43)CC2)c1. The number of hydrogen-bond donors (Lipinski definition) is 0. The van der Waals surface area contributed by atoms with Crippen molar-refractivity contribution >= 4 is 17.5 Å². The molecule has 0 N–H and O–H groups in total. The van der Waals surface area contributed by atoms with Crippen LogP contribution in [0.4, 0.5) is 5.69 Å². The lowest BCUT2D eigenvalue weighted by atomic mass is 9.95. The number of carbonyl (C=O) groups is 2. The highest BCUT2D eigenvalue weighted by Crippen LogP contribution is 2.32. The lowest BCUT2D eigenvalue weighted by molar-refractivity contribution is -0.119. The number of anilines is 1. The number of hydrogen-bond acceptors (Lipinski definition) is 2. The van der Waals surface area contributed by atoms with Crippen molar-refractivity contribution in [2.24, 2.45) is 0 Å². The third-order valence-corrected chi connectivity index (χ3v) is 5.87. The molecule has 0 spiro atoms. The van der Waals surface area contributed by atoms with Gasteiger partial charge in [0.25, 0.3) is 5.91 Å². The van der Waals surface area contributed by atoms with E-state index in [1.54, 1.807) is 0 Å². The molecule has 4 rings (SSSR count). The third-order valence-electron chi connectivity index (χ3n) is 5.87. The van der Waals surface area contributed by atoms with Gasteiger partial charge in [0.2, 0.25) is 5.91 Å². The molecular formula is C23H26N2O2. The zero-order valence-corrected chi connectivity index (χ0v) is 16.1. The lowest BCUT2D eigenvalue weighted by Gasteiger charge is -2.41. The van der Waals surface area contributed by atoms with E-state index in [1.807, 2.05) is 54.0 Å². The molecular weight excluding hydrogens is 336 g/mol. The second-order valence-corrected chi connectivity index (χ2v) is 7.73. The summed E-state index contributed by atoms with van der Waals surface area (Å²) >= 11 is 0. The van der Waals surface area contributed by atoms with Gasteiger partial charge in [0.05, 0.1) is 0 Å². The number of piperidine rings is 1. The number of carbonyl (C=O) groups excluding carboxylic acids is 2. The average Bonchev–Trinajstić information content (AvgIpc) is 2.69. The van der Waals surface area contributed by atoms with Crippen molar-refractivity contribution in [3.63, 3.8) is 0 Å². The van der Waals surface area contributed by atoms with E-state index in [-0.39, 0.29) is 17.9 Å². The van der Waals surface area contributed by atoms with Crippen LogP contribution < -0.4 is 4.90 Å². The molecule has 2 heterocycles. The highest BCUT2D eigenvalue weighted by molar-refractivity contribution is 5.97. The van der Waals surface area contributed by atoms with Crippen LogP contribution >= 0.6 is 0 Å². The highest BCUT2D eigenvalue weighted by atomic mass is 16.2. The highest BCUT2D eigenvalue weighted by Gasteiger charge is 2.33. The topological polar surface area (TPSA) is 40.6 Å². The van der Waals surface area contributed by atoms with Crippen LogP contribution in [-0.2, 0) is 11.2 Å². The van der Waals surface area contributed by atoms with Crippen LogP contribution in [-0.4, -0.2) is 35.8 Å². The van der Waals surface area contributed by atoms with E-state index in [4.69, 9.17) is 0 Å². The fourth-order valence-electron chi connectivity index (χ4n) is 4.32. The van der Waals surface area contributed by atoms with Gasteiger partial charge in [0, 0.05) is 36.8 Å². The molecule has 2 aliphatic heterocycles. The summed E-state index contributed by atoms with van der Waals surface area (Å²) in [6, 6.07) is 14.4. The van der Waals surface area contributed by atoms with Crippen LogP contribution in [0.3, 0.4) is 0 Å². The Labute approximate surface area is 160 Å². The number of para-hydroxylation sites is 1. The maximum atomic E-state index is 13.0. The van der Waals surface area contributed by atoms with Crippen molar-refractivity contribution in [3.05, 3.63) is 64.7 Å². The predicted octanol–water partition coefficient (Wildman–Crippen LogP) is 3.89. The first-order valence-corrected chi connectivity index (χ1v) is 9.81. The van der Waals surface area contributed by atoms with Crippen LogP contribution in [0.5, 0.6) is 0 Å². The first kappa shape index (κ1) is 17.8. The van der Waals surface area contributed by atoms with Gasteiger partial charge in [-0.15, -0.1) is 0 Å². The van der Waals surface area contributed by atoms with Crippen molar-refractivity contribution in [2.75, 3.05) is 18.0 Å². The molecule has 2 aromatic carbocycles. The molecule has 0 saturated carbocycles. The minimum atomic E-state index is 0.111. The van der Waals surface area contributed by atoms with E-state index in [0.29, 0.717) is 19.5 Å². The normalized spacial score (nSPS) is 17.8. The van der Waals surface area contributed by atoms with Crippen LogP contribution in [0.1, 0.15) is 46.3 Å². The minimum absolute atomic E-state index is 0.111. The summed E-state index contributed by atoms with van der Waals surface area (Å²) in [5.41, 5.74) is 5.24. The summed E-state index contributed by atoms with van der Waals surface area (Å²) in [6.45, 7) is 5.40. The van der Waals surface area contributed by atoms with Gasteiger partial charge in [-0.2, -0.15) is 0 Å². The Morgan fingerprint density at radius 3 is 2.52 bits per heavy atom. The van der Waals surface area contributed by atoms with Gasteiger partial charge < -0.3 is 9.80 Å². The number of aryl methyl sites for hydroxylation is 3. The molecule has 2 amide bonds. The maximum Gasteiger partial charge on any atom is 0.254 e. The molecule has 0 radical (unpaired) electrons. The molecule has 4 nitrogen and oxygen atoms in total. The Hall–Kier alpha value is -2.62. The van der Waals surface area contributed by atoms with Gasteiger partial charge in [0.15, 0.2) is 0 Å². The number of amides is 2. The summed E-state index contributed by atoms with van der Waals surface area (Å²) < 4.78 is 0. The van der Waals surface area contributed by atoms with Gasteiger partial charge in [-0.25, -0.2) is 0 Å². The largest absolute Gasteiger partial charge is 0.338 e. The summed E-state index contributed by atoms with van der Waals surface area (Å²) in [4.78, 5) is 29.5. The van der Waals surface area contributed by atoms with Crippen molar-refractivity contribution in [1.82, 2.24) is 4.90 Å². The molecule has 4 heteroatoms. The van der Waals surface area contributed by atoms with Crippen LogP contribution in [0, 0.1) is 13.8 Å². The first-order valence-electron chi connectivity index (χ1n) is 9.81. The van der Waals surface area contributed by atoms with Crippen molar-refractivity contribution in [1.29, 1.82) is 0 Å². The molecule has 27 heavy (non-hydrogen) atoms. The molecule has 2 aromatic rings. The Morgan fingerprint density at radius 1 is 1.00 bits per heavy atom. The Kier molecular flexibility index (Phi) is 4.73. The lowest BCUT2D eigenvalue weighted by Crippen LogP contribution is -2.50. The third kappa shape index (κ3) is 3.36. The van der Waals surface area contributed by atoms with Gasteiger partial charge in [-0.1, -0.05) is 35.9 Å². The predicted molar refractivity (Wildman–Crippen MR) is 107 cm³/mol. The summed E-state index contributed by atoms with van der Waals surface area (Å²) in [7, 11) is 0. The van der Waals surface area contributed by atoms with Crippen molar-refractivity contribution in [2.45, 2.75) is 45.6 Å². The van der Waals surface area contributed by atoms with Gasteiger partial charge in [-0.05, 0) is 56.4 Å². The number of fused-ring (bicyclic) bond motifs is 1. The summed E-state index contributed by atoms with van der Waals surface area (Å²) in [6.07, 6.45) is 3.07. The molecule has 140 valence electrons. The monoisotopic (exact) mass is 362 g/mol. The quantitative estimate of drug-likeness (QED) is 0.813. The standard InChI is InChI=1S/C23H26N2O2/c1-16-7-8-17(2)20(15-16)23(27)24-13-11-19(12-14-24)25-21-6-4-3-5-18(21)9-10-22(25)26/h3-8,15,19H,9-14H2,1-2H3. The van der Waals surface area contributed by atoms with Crippen LogP contribution in [0.2, 0.25) is 0 Å². The molecule has 1 fully saturated rings. The van der Waals surface area contributed by atoms with E-state index >= 15 is 0 Å². The van der Waals surface area contributed by atoms with Gasteiger partial charge in [-0.3, -0.25) is 9.59 Å². The van der Waals surface area contributed by atoms with Crippen molar-refractivity contribution in [3.8, 4) is 0 Å². The van der Waals surface area contributed by atoms with E-state index in [1.165, 1.54) is 5.56 Å². The molecule has 0 atom stereocenters. The van der Waals surface area contributed by atoms with Gasteiger partial charge >= 0.3 is 0 Å².